The lowest BCUT2D eigenvalue weighted by Gasteiger charge is -2.32. The van der Waals surface area contributed by atoms with Gasteiger partial charge in [0.15, 0.2) is 0 Å². The third-order valence-corrected chi connectivity index (χ3v) is 4.10. The number of nitro groups is 1. The van der Waals surface area contributed by atoms with Gasteiger partial charge in [-0.2, -0.15) is 5.10 Å². The summed E-state index contributed by atoms with van der Waals surface area (Å²) in [6.45, 7) is 2.22. The Kier molecular flexibility index (Phi) is 4.90. The van der Waals surface area contributed by atoms with Crippen LogP contribution in [0.25, 0.3) is 6.08 Å². The minimum absolute atomic E-state index is 0.0262. The summed E-state index contributed by atoms with van der Waals surface area (Å²) in [6.07, 6.45) is 7.09. The van der Waals surface area contributed by atoms with Gasteiger partial charge in [0.2, 0.25) is 5.91 Å². The molecule has 130 valence electrons. The zero-order chi connectivity index (χ0) is 17.8. The lowest BCUT2D eigenvalue weighted by atomic mass is 10.1. The first-order chi connectivity index (χ1) is 12.0. The normalized spacial score (nSPS) is 15.9. The molecule has 0 atom stereocenters. The second kappa shape index (κ2) is 7.27. The molecule has 1 aromatic carbocycles. The summed E-state index contributed by atoms with van der Waals surface area (Å²) in [5, 5.41) is 15.1. The predicted molar refractivity (Wildman–Crippen MR) is 94.1 cm³/mol. The zero-order valence-electron chi connectivity index (χ0n) is 13.9. The SMILES string of the molecule is Cn1cc(N2CCN(CC=Cc3ccccc3[N+](=O)[O-])CC2=O)cn1. The molecule has 1 aromatic heterocycles. The first-order valence-electron chi connectivity index (χ1n) is 7.96. The summed E-state index contributed by atoms with van der Waals surface area (Å²) in [6, 6.07) is 6.60. The van der Waals surface area contributed by atoms with Gasteiger partial charge in [-0.3, -0.25) is 24.5 Å². The van der Waals surface area contributed by atoms with Crippen LogP contribution in [-0.4, -0.2) is 51.7 Å². The van der Waals surface area contributed by atoms with Crippen molar-refractivity contribution in [2.75, 3.05) is 31.1 Å². The topological polar surface area (TPSA) is 84.5 Å². The maximum atomic E-state index is 12.3. The Morgan fingerprint density at radius 1 is 1.32 bits per heavy atom. The average molecular weight is 341 g/mol. The van der Waals surface area contributed by atoms with Crippen LogP contribution in [0.1, 0.15) is 5.56 Å². The van der Waals surface area contributed by atoms with E-state index < -0.39 is 4.92 Å². The number of piperazine rings is 1. The molecular weight excluding hydrogens is 322 g/mol. The lowest BCUT2D eigenvalue weighted by molar-refractivity contribution is -0.385. The Morgan fingerprint density at radius 3 is 2.80 bits per heavy atom. The summed E-state index contributed by atoms with van der Waals surface area (Å²) >= 11 is 0. The summed E-state index contributed by atoms with van der Waals surface area (Å²) < 4.78 is 1.67. The van der Waals surface area contributed by atoms with Crippen molar-refractivity contribution in [1.29, 1.82) is 0 Å². The van der Waals surface area contributed by atoms with Gasteiger partial charge in [-0.1, -0.05) is 24.3 Å². The molecule has 1 aliphatic rings. The number of hydrogen-bond acceptors (Lipinski definition) is 5. The maximum Gasteiger partial charge on any atom is 0.276 e. The number of benzene rings is 1. The number of amides is 1. The van der Waals surface area contributed by atoms with E-state index in [0.717, 1.165) is 12.2 Å². The fourth-order valence-corrected chi connectivity index (χ4v) is 2.82. The number of carbonyl (C=O) groups is 1. The molecule has 0 unspecified atom stereocenters. The van der Waals surface area contributed by atoms with Gasteiger partial charge < -0.3 is 4.90 Å². The summed E-state index contributed by atoms with van der Waals surface area (Å²) in [7, 11) is 1.82. The fourth-order valence-electron chi connectivity index (χ4n) is 2.82. The average Bonchev–Trinajstić information content (AvgIpc) is 3.01. The molecule has 0 bridgehead atoms. The third kappa shape index (κ3) is 3.92. The molecule has 8 nitrogen and oxygen atoms in total. The van der Waals surface area contributed by atoms with Crippen LogP contribution >= 0.6 is 0 Å². The van der Waals surface area contributed by atoms with Crippen LogP contribution in [0.5, 0.6) is 0 Å². The minimum Gasteiger partial charge on any atom is -0.307 e. The van der Waals surface area contributed by atoms with Gasteiger partial charge in [0.1, 0.15) is 0 Å². The second-order valence-electron chi connectivity index (χ2n) is 5.87. The zero-order valence-corrected chi connectivity index (χ0v) is 13.9. The number of aryl methyl sites for hydroxylation is 1. The van der Waals surface area contributed by atoms with Crippen molar-refractivity contribution < 1.29 is 9.72 Å². The molecule has 0 N–H and O–H groups in total. The highest BCUT2D eigenvalue weighted by atomic mass is 16.6. The molecule has 25 heavy (non-hydrogen) atoms. The Labute approximate surface area is 145 Å². The van der Waals surface area contributed by atoms with Crippen molar-refractivity contribution >= 4 is 23.4 Å². The van der Waals surface area contributed by atoms with Crippen LogP contribution in [0.3, 0.4) is 0 Å². The Hall–Kier alpha value is -3.00. The molecule has 8 heteroatoms. The minimum atomic E-state index is -0.393. The first kappa shape index (κ1) is 16.8. The van der Waals surface area contributed by atoms with Crippen molar-refractivity contribution in [3.63, 3.8) is 0 Å². The van der Waals surface area contributed by atoms with Gasteiger partial charge in [-0.25, -0.2) is 0 Å². The molecule has 0 saturated carbocycles. The van der Waals surface area contributed by atoms with E-state index in [4.69, 9.17) is 0 Å². The van der Waals surface area contributed by atoms with Gasteiger partial charge in [0.25, 0.3) is 5.69 Å². The van der Waals surface area contributed by atoms with Crippen LogP contribution in [0, 0.1) is 10.1 Å². The van der Waals surface area contributed by atoms with E-state index >= 15 is 0 Å². The van der Waals surface area contributed by atoms with Gasteiger partial charge in [-0.05, 0) is 6.07 Å². The molecule has 3 rings (SSSR count). The van der Waals surface area contributed by atoms with Crippen LogP contribution in [-0.2, 0) is 11.8 Å². The maximum absolute atomic E-state index is 12.3. The third-order valence-electron chi connectivity index (χ3n) is 4.10. The van der Waals surface area contributed by atoms with Crippen LogP contribution in [0.4, 0.5) is 11.4 Å². The highest BCUT2D eigenvalue weighted by Gasteiger charge is 2.25. The van der Waals surface area contributed by atoms with Crippen molar-refractivity contribution in [2.24, 2.45) is 7.05 Å². The molecule has 2 aromatic rings. The smallest absolute Gasteiger partial charge is 0.276 e. The molecule has 2 heterocycles. The van der Waals surface area contributed by atoms with Crippen molar-refractivity contribution in [1.82, 2.24) is 14.7 Å². The van der Waals surface area contributed by atoms with E-state index in [0.29, 0.717) is 25.2 Å². The number of nitro benzene ring substituents is 1. The second-order valence-corrected chi connectivity index (χ2v) is 5.87. The van der Waals surface area contributed by atoms with Gasteiger partial charge in [0.05, 0.1) is 28.9 Å². The summed E-state index contributed by atoms with van der Waals surface area (Å²) in [5.74, 6) is 0.0262. The molecule has 0 spiro atoms. The lowest BCUT2D eigenvalue weighted by Crippen LogP contribution is -2.50. The number of para-hydroxylation sites is 1. The molecule has 1 saturated heterocycles. The Balaban J connectivity index is 1.59. The number of nitrogens with zero attached hydrogens (tertiary/aromatic N) is 5. The van der Waals surface area contributed by atoms with Crippen molar-refractivity contribution in [3.05, 3.63) is 58.4 Å². The molecule has 0 radical (unpaired) electrons. The van der Waals surface area contributed by atoms with Crippen molar-refractivity contribution in [2.45, 2.75) is 0 Å². The van der Waals surface area contributed by atoms with Crippen molar-refractivity contribution in [3.8, 4) is 0 Å². The van der Waals surface area contributed by atoms with E-state index in [1.165, 1.54) is 6.07 Å². The van der Waals surface area contributed by atoms with Gasteiger partial charge in [0, 0.05) is 38.9 Å². The number of carbonyl (C=O) groups excluding carboxylic acids is 1. The van der Waals surface area contributed by atoms with E-state index in [1.807, 2.05) is 24.2 Å². The van der Waals surface area contributed by atoms with Gasteiger partial charge >= 0.3 is 0 Å². The number of rotatable bonds is 5. The van der Waals surface area contributed by atoms with Gasteiger partial charge in [-0.15, -0.1) is 0 Å². The molecule has 1 amide bonds. The monoisotopic (exact) mass is 341 g/mol. The standard InChI is InChI=1S/C17H19N5O3/c1-19-12-15(11-18-19)21-10-9-20(13-17(21)23)8-4-6-14-5-2-3-7-16(14)22(24)25/h2-7,11-12H,8-10,13H2,1H3. The van der Waals surface area contributed by atoms with E-state index in [-0.39, 0.29) is 11.6 Å². The highest BCUT2D eigenvalue weighted by molar-refractivity contribution is 5.95. The van der Waals surface area contributed by atoms with Crippen LogP contribution < -0.4 is 4.90 Å². The van der Waals surface area contributed by atoms with Crippen LogP contribution in [0.2, 0.25) is 0 Å². The molecule has 0 aliphatic carbocycles. The quantitative estimate of drug-likeness (QED) is 0.610. The van der Waals surface area contributed by atoms with E-state index in [1.54, 1.807) is 40.1 Å². The predicted octanol–water partition coefficient (Wildman–Crippen LogP) is 1.69. The number of hydrogen-bond donors (Lipinski definition) is 0. The largest absolute Gasteiger partial charge is 0.307 e. The first-order valence-corrected chi connectivity index (χ1v) is 7.96. The Morgan fingerprint density at radius 2 is 2.12 bits per heavy atom. The number of anilines is 1. The Bertz CT molecular complexity index is 814. The van der Waals surface area contributed by atoms with Crippen LogP contribution in [0.15, 0.2) is 42.7 Å². The molecular formula is C17H19N5O3. The molecule has 1 fully saturated rings. The highest BCUT2D eigenvalue weighted by Crippen LogP contribution is 2.19. The number of aromatic nitrogens is 2. The molecule has 1 aliphatic heterocycles. The van der Waals surface area contributed by atoms with E-state index in [9.17, 15) is 14.9 Å². The summed E-state index contributed by atoms with van der Waals surface area (Å²) in [4.78, 5) is 26.7. The fraction of sp³-hybridized carbons (Fsp3) is 0.294. The van der Waals surface area contributed by atoms with E-state index in [2.05, 4.69) is 5.10 Å². The summed E-state index contributed by atoms with van der Waals surface area (Å²) in [5.41, 5.74) is 1.45.